The van der Waals surface area contributed by atoms with Crippen LogP contribution in [0.25, 0.3) is 0 Å². The van der Waals surface area contributed by atoms with Crippen LogP contribution in [0, 0.1) is 0 Å². The Morgan fingerprint density at radius 3 is 1.12 bits per heavy atom. The van der Waals surface area contributed by atoms with Crippen molar-refractivity contribution in [2.24, 2.45) is 0 Å². The molecule has 17 unspecified atom stereocenters. The minimum atomic E-state index is -1.98. The van der Waals surface area contributed by atoms with Gasteiger partial charge in [0, 0.05) is 6.42 Å². The van der Waals surface area contributed by atoms with Crippen molar-refractivity contribution < 1.29 is 89.4 Å². The van der Waals surface area contributed by atoms with Gasteiger partial charge in [-0.05, 0) is 64.2 Å². The molecule has 3 rings (SSSR count). The summed E-state index contributed by atoms with van der Waals surface area (Å²) in [5.74, 6) is -0.276. The molecule has 0 aromatic carbocycles. The highest BCUT2D eigenvalue weighted by Gasteiger charge is 2.53. The lowest BCUT2D eigenvalue weighted by molar-refractivity contribution is -0.379. The number of amides is 1. The summed E-state index contributed by atoms with van der Waals surface area (Å²) in [4.78, 5) is 13.5. The van der Waals surface area contributed by atoms with Crippen molar-refractivity contribution in [3.05, 3.63) is 72.9 Å². The number of rotatable bonds is 59. The van der Waals surface area contributed by atoms with Crippen molar-refractivity contribution in [1.29, 1.82) is 0 Å². The Hall–Kier alpha value is -2.77. The van der Waals surface area contributed by atoms with Crippen molar-refractivity contribution in [2.45, 2.75) is 381 Å². The smallest absolute Gasteiger partial charge is 0.220 e. The van der Waals surface area contributed by atoms with Gasteiger partial charge < -0.3 is 89.9 Å². The van der Waals surface area contributed by atoms with E-state index in [9.17, 15) is 61.0 Å². The zero-order valence-electron chi connectivity index (χ0n) is 59.3. The highest BCUT2D eigenvalue weighted by molar-refractivity contribution is 5.76. The molecule has 3 heterocycles. The molecule has 0 aromatic rings. The van der Waals surface area contributed by atoms with E-state index in [1.165, 1.54) is 167 Å². The van der Waals surface area contributed by atoms with Crippen LogP contribution in [0.5, 0.6) is 0 Å². The van der Waals surface area contributed by atoms with Gasteiger partial charge in [0.2, 0.25) is 5.91 Å². The number of carbonyl (C=O) groups is 1. The summed E-state index contributed by atoms with van der Waals surface area (Å²) >= 11 is 0. The number of nitrogens with one attached hydrogen (secondary N) is 1. The van der Waals surface area contributed by atoms with Crippen molar-refractivity contribution in [2.75, 3.05) is 26.4 Å². The van der Waals surface area contributed by atoms with E-state index in [0.29, 0.717) is 6.42 Å². The van der Waals surface area contributed by atoms with E-state index in [0.717, 1.165) is 83.5 Å². The number of hydrogen-bond acceptors (Lipinski definition) is 18. The van der Waals surface area contributed by atoms with Gasteiger partial charge in [0.05, 0.1) is 38.6 Å². The average molecular weight is 1360 g/mol. The highest BCUT2D eigenvalue weighted by atomic mass is 16.8. The van der Waals surface area contributed by atoms with E-state index in [1.807, 2.05) is 6.08 Å². The SMILES string of the molecule is CC/C=C\C/C=C\C/C=C\C/C=C\C/C=C\CCCCCCCCCCCCCCCC(=O)NC(COC1OC(CO)C(OC2OC(CO)C(OC3OC(CO)C(O)C(O)C3O)C(O)C2O)C(O)C1O)C(O)/C=C/CCCCCCCCCCCCCCCCCCCCCC. The fourth-order valence-corrected chi connectivity index (χ4v) is 12.6. The Balaban J connectivity index is 1.40. The van der Waals surface area contributed by atoms with Gasteiger partial charge in [0.15, 0.2) is 18.9 Å². The third-order valence-electron chi connectivity index (χ3n) is 18.8. The molecule has 12 N–H and O–H groups in total. The second-order valence-electron chi connectivity index (χ2n) is 27.1. The Morgan fingerprint density at radius 1 is 0.385 bits per heavy atom. The molecular formula is C77H137NO18. The molecular weight excluding hydrogens is 1230 g/mol. The van der Waals surface area contributed by atoms with E-state index >= 15 is 0 Å². The van der Waals surface area contributed by atoms with Gasteiger partial charge in [-0.15, -0.1) is 0 Å². The van der Waals surface area contributed by atoms with E-state index < -0.39 is 124 Å². The summed E-state index contributed by atoms with van der Waals surface area (Å²) in [6.07, 6.45) is 47.3. The van der Waals surface area contributed by atoms with Crippen LogP contribution in [0.15, 0.2) is 72.9 Å². The first kappa shape index (κ1) is 87.4. The van der Waals surface area contributed by atoms with E-state index in [4.69, 9.17) is 28.4 Å². The summed E-state index contributed by atoms with van der Waals surface area (Å²) in [5.41, 5.74) is 0. The molecule has 3 aliphatic heterocycles. The Kier molecular flexibility index (Phi) is 52.7. The number of aliphatic hydroxyl groups excluding tert-OH is 11. The van der Waals surface area contributed by atoms with Crippen LogP contribution in [-0.4, -0.2) is 193 Å². The maximum absolute atomic E-state index is 13.5. The first-order valence-corrected chi connectivity index (χ1v) is 38.2. The molecule has 1 amide bonds. The fourth-order valence-electron chi connectivity index (χ4n) is 12.6. The standard InChI is InChI=1S/C77H137NO18/c1-3-5-7-9-11-13-15-17-19-21-23-25-27-28-29-30-31-32-33-35-37-39-41-43-45-47-49-51-53-55-65(83)78-60(61(82)54-52-50-48-46-44-42-40-38-36-34-26-24-22-20-18-16-14-12-10-8-6-4-2)59-91-75-71(89)68(86)73(63(57-80)93-75)96-77-72(90)69(87)74(64(58-81)94-77)95-76-70(88)67(85)66(84)62(56-79)92-76/h5,7,11,13,17,19,23,25,28-29,52,54,60-64,66-77,79-82,84-90H,3-4,6,8-10,12,14-16,18,20-22,24,26-27,30-51,53,55-59H2,1-2H3,(H,78,83)/b7-5-,13-11-,19-17-,25-23-,29-28-,54-52+. The van der Waals surface area contributed by atoms with Crippen molar-refractivity contribution in [1.82, 2.24) is 5.32 Å². The molecule has 0 bridgehead atoms. The molecule has 96 heavy (non-hydrogen) atoms. The zero-order valence-corrected chi connectivity index (χ0v) is 59.3. The van der Waals surface area contributed by atoms with Crippen molar-refractivity contribution in [3.63, 3.8) is 0 Å². The topological polar surface area (TPSA) is 307 Å². The predicted octanol–water partition coefficient (Wildman–Crippen LogP) is 11.7. The zero-order chi connectivity index (χ0) is 69.6. The number of unbranched alkanes of at least 4 members (excludes halogenated alkanes) is 33. The third kappa shape index (κ3) is 38.3. The largest absolute Gasteiger partial charge is 0.394 e. The number of allylic oxidation sites excluding steroid dienone is 11. The normalized spacial score (nSPS) is 27.4. The van der Waals surface area contributed by atoms with E-state index in [1.54, 1.807) is 6.08 Å². The maximum Gasteiger partial charge on any atom is 0.220 e. The summed E-state index contributed by atoms with van der Waals surface area (Å²) in [6, 6.07) is -0.978. The highest BCUT2D eigenvalue weighted by Crippen LogP contribution is 2.33. The summed E-state index contributed by atoms with van der Waals surface area (Å²) in [6.45, 7) is 1.65. The lowest BCUT2D eigenvalue weighted by Crippen LogP contribution is -2.66. The Bertz CT molecular complexity index is 2020. The lowest BCUT2D eigenvalue weighted by atomic mass is 9.96. The number of ether oxygens (including phenoxy) is 6. The van der Waals surface area contributed by atoms with Crippen molar-refractivity contribution in [3.8, 4) is 0 Å². The summed E-state index contributed by atoms with van der Waals surface area (Å²) in [5, 5.41) is 121. The Morgan fingerprint density at radius 2 is 0.719 bits per heavy atom. The van der Waals surface area contributed by atoms with Gasteiger partial charge in [-0.2, -0.15) is 0 Å². The number of hydrogen-bond donors (Lipinski definition) is 12. The predicted molar refractivity (Wildman–Crippen MR) is 378 cm³/mol. The molecule has 3 saturated heterocycles. The van der Waals surface area contributed by atoms with Gasteiger partial charge in [0.1, 0.15) is 73.2 Å². The van der Waals surface area contributed by atoms with E-state index in [-0.39, 0.29) is 18.9 Å². The molecule has 0 radical (unpaired) electrons. The van der Waals surface area contributed by atoms with Gasteiger partial charge in [-0.25, -0.2) is 0 Å². The van der Waals surface area contributed by atoms with Crippen LogP contribution >= 0.6 is 0 Å². The van der Waals surface area contributed by atoms with Gasteiger partial charge in [-0.3, -0.25) is 4.79 Å². The van der Waals surface area contributed by atoms with Crippen LogP contribution in [-0.2, 0) is 33.2 Å². The van der Waals surface area contributed by atoms with Crippen LogP contribution in [0.2, 0.25) is 0 Å². The van der Waals surface area contributed by atoms with E-state index in [2.05, 4.69) is 79.9 Å². The second kappa shape index (κ2) is 57.8. The molecule has 0 aliphatic carbocycles. The minimum absolute atomic E-state index is 0.239. The quantitative estimate of drug-likeness (QED) is 0.0199. The lowest BCUT2D eigenvalue weighted by Gasteiger charge is -2.48. The van der Waals surface area contributed by atoms with Crippen LogP contribution in [0.4, 0.5) is 0 Å². The molecule has 17 atom stereocenters. The molecule has 0 saturated carbocycles. The minimum Gasteiger partial charge on any atom is -0.394 e. The third-order valence-corrected chi connectivity index (χ3v) is 18.8. The molecule has 0 spiro atoms. The maximum atomic E-state index is 13.5. The number of aliphatic hydroxyl groups is 11. The Labute approximate surface area is 578 Å². The van der Waals surface area contributed by atoms with Crippen molar-refractivity contribution >= 4 is 5.91 Å². The molecule has 0 aromatic heterocycles. The summed E-state index contributed by atoms with van der Waals surface area (Å²) in [7, 11) is 0. The summed E-state index contributed by atoms with van der Waals surface area (Å²) < 4.78 is 34.4. The van der Waals surface area contributed by atoms with Crippen LogP contribution in [0.3, 0.4) is 0 Å². The fraction of sp³-hybridized carbons (Fsp3) is 0.831. The molecule has 3 aliphatic rings. The molecule has 3 fully saturated rings. The second-order valence-corrected chi connectivity index (χ2v) is 27.1. The molecule has 558 valence electrons. The van der Waals surface area contributed by atoms with Crippen LogP contribution in [0.1, 0.15) is 277 Å². The average Bonchev–Trinajstić information content (AvgIpc) is 0.787. The van der Waals surface area contributed by atoms with Gasteiger partial charge in [-0.1, -0.05) is 279 Å². The van der Waals surface area contributed by atoms with Gasteiger partial charge in [0.25, 0.3) is 0 Å². The molecule has 19 nitrogen and oxygen atoms in total. The monoisotopic (exact) mass is 1360 g/mol. The van der Waals surface area contributed by atoms with Crippen LogP contribution < -0.4 is 5.32 Å². The van der Waals surface area contributed by atoms with Gasteiger partial charge >= 0.3 is 0 Å². The first-order valence-electron chi connectivity index (χ1n) is 38.2. The number of carbonyl (C=O) groups excluding carboxylic acids is 1. The molecule has 19 heteroatoms. The first-order chi connectivity index (χ1) is 46.8.